The number of hydrogen-bond acceptors (Lipinski definition) is 5. The maximum absolute atomic E-state index is 12.1. The standard InChI is InChI=1S/C17H20N6O2/c1-12(2)22-11-13(19-21-22)8-9-16(24)18-15-10-17(25)23(20-15)14-6-4-3-5-7-14/h3-7,11-12H,8-10H2,1-2H3,(H,18,20,24). The summed E-state index contributed by atoms with van der Waals surface area (Å²) in [7, 11) is 0. The summed E-state index contributed by atoms with van der Waals surface area (Å²) in [6.07, 6.45) is 2.67. The van der Waals surface area contributed by atoms with Crippen LogP contribution in [0.5, 0.6) is 0 Å². The molecule has 3 rings (SSSR count). The first-order valence-corrected chi connectivity index (χ1v) is 8.19. The first-order chi connectivity index (χ1) is 12.0. The van der Waals surface area contributed by atoms with Gasteiger partial charge in [-0.2, -0.15) is 10.1 Å². The van der Waals surface area contributed by atoms with Crippen LogP contribution < -0.4 is 10.3 Å². The topological polar surface area (TPSA) is 92.5 Å². The predicted octanol–water partition coefficient (Wildman–Crippen LogP) is 1.66. The average molecular weight is 340 g/mol. The lowest BCUT2D eigenvalue weighted by molar-refractivity contribution is -0.119. The summed E-state index contributed by atoms with van der Waals surface area (Å²) in [6.45, 7) is 4.03. The van der Waals surface area contributed by atoms with Crippen LogP contribution >= 0.6 is 0 Å². The molecule has 1 aliphatic heterocycles. The van der Waals surface area contributed by atoms with Gasteiger partial charge in [-0.05, 0) is 26.0 Å². The van der Waals surface area contributed by atoms with Crippen LogP contribution in [0, 0.1) is 0 Å². The van der Waals surface area contributed by atoms with E-state index < -0.39 is 0 Å². The highest BCUT2D eigenvalue weighted by Gasteiger charge is 2.26. The monoisotopic (exact) mass is 340 g/mol. The molecule has 8 nitrogen and oxygen atoms in total. The number of amides is 2. The second-order valence-electron chi connectivity index (χ2n) is 6.10. The van der Waals surface area contributed by atoms with E-state index in [2.05, 4.69) is 20.7 Å². The van der Waals surface area contributed by atoms with E-state index in [1.807, 2.05) is 38.2 Å². The number of anilines is 1. The molecular formula is C17H20N6O2. The van der Waals surface area contributed by atoms with Crippen molar-refractivity contribution in [1.82, 2.24) is 20.3 Å². The first-order valence-electron chi connectivity index (χ1n) is 8.19. The fourth-order valence-electron chi connectivity index (χ4n) is 2.42. The zero-order chi connectivity index (χ0) is 17.8. The number of carbonyl (C=O) groups is 2. The van der Waals surface area contributed by atoms with Crippen LogP contribution in [0.15, 0.2) is 41.6 Å². The minimum Gasteiger partial charge on any atom is -0.312 e. The van der Waals surface area contributed by atoms with Gasteiger partial charge in [-0.3, -0.25) is 9.59 Å². The van der Waals surface area contributed by atoms with Crippen LogP contribution in [0.25, 0.3) is 0 Å². The molecule has 1 aromatic heterocycles. The van der Waals surface area contributed by atoms with Crippen molar-refractivity contribution in [3.63, 3.8) is 0 Å². The van der Waals surface area contributed by atoms with Gasteiger partial charge in [-0.15, -0.1) is 5.10 Å². The Morgan fingerprint density at radius 3 is 2.72 bits per heavy atom. The third kappa shape index (κ3) is 4.09. The highest BCUT2D eigenvalue weighted by atomic mass is 16.2. The summed E-state index contributed by atoms with van der Waals surface area (Å²) in [5.74, 6) is 0.00613. The highest BCUT2D eigenvalue weighted by molar-refractivity contribution is 6.15. The number of hydrazone groups is 1. The molecule has 2 heterocycles. The Morgan fingerprint density at radius 1 is 1.28 bits per heavy atom. The quantitative estimate of drug-likeness (QED) is 0.896. The number of nitrogens with one attached hydrogen (secondary N) is 1. The number of amidine groups is 1. The van der Waals surface area contributed by atoms with E-state index in [1.54, 1.807) is 16.8 Å². The summed E-state index contributed by atoms with van der Waals surface area (Å²) in [4.78, 5) is 24.1. The van der Waals surface area contributed by atoms with E-state index in [1.165, 1.54) is 5.01 Å². The van der Waals surface area contributed by atoms with Gasteiger partial charge in [0.2, 0.25) is 5.91 Å². The maximum Gasteiger partial charge on any atom is 0.255 e. The van der Waals surface area contributed by atoms with Crippen molar-refractivity contribution in [2.75, 3.05) is 5.01 Å². The van der Waals surface area contributed by atoms with Gasteiger partial charge >= 0.3 is 0 Å². The Hall–Kier alpha value is -3.03. The molecule has 0 aliphatic carbocycles. The van der Waals surface area contributed by atoms with Crippen molar-refractivity contribution in [1.29, 1.82) is 0 Å². The van der Waals surface area contributed by atoms with Gasteiger partial charge in [0.05, 0.1) is 17.8 Å². The third-order valence-electron chi connectivity index (χ3n) is 3.76. The second kappa shape index (κ2) is 7.25. The van der Waals surface area contributed by atoms with Gasteiger partial charge in [-0.1, -0.05) is 23.4 Å². The number of rotatable bonds is 5. The summed E-state index contributed by atoms with van der Waals surface area (Å²) < 4.78 is 1.75. The van der Waals surface area contributed by atoms with Crippen LogP contribution in [0.2, 0.25) is 0 Å². The molecule has 8 heteroatoms. The molecule has 0 unspecified atom stereocenters. The van der Waals surface area contributed by atoms with Gasteiger partial charge in [0, 0.05) is 25.1 Å². The van der Waals surface area contributed by atoms with Crippen molar-refractivity contribution in [2.45, 2.75) is 39.2 Å². The smallest absolute Gasteiger partial charge is 0.255 e. The number of benzene rings is 1. The zero-order valence-corrected chi connectivity index (χ0v) is 14.2. The molecule has 25 heavy (non-hydrogen) atoms. The Balaban J connectivity index is 1.55. The molecule has 0 saturated heterocycles. The molecule has 0 spiro atoms. The Bertz CT molecular complexity index is 796. The van der Waals surface area contributed by atoms with E-state index in [9.17, 15) is 9.59 Å². The van der Waals surface area contributed by atoms with E-state index in [0.29, 0.717) is 17.9 Å². The predicted molar refractivity (Wildman–Crippen MR) is 92.9 cm³/mol. The summed E-state index contributed by atoms with van der Waals surface area (Å²) >= 11 is 0. The molecule has 1 N–H and O–H groups in total. The van der Waals surface area contributed by atoms with Crippen molar-refractivity contribution in [3.05, 3.63) is 42.2 Å². The van der Waals surface area contributed by atoms with E-state index in [-0.39, 0.29) is 30.7 Å². The molecule has 1 aliphatic rings. The summed E-state index contributed by atoms with van der Waals surface area (Å²) in [5.41, 5.74) is 1.45. The molecule has 0 bridgehead atoms. The molecule has 0 atom stereocenters. The Morgan fingerprint density at radius 2 is 2.04 bits per heavy atom. The van der Waals surface area contributed by atoms with E-state index >= 15 is 0 Å². The van der Waals surface area contributed by atoms with Gasteiger partial charge in [0.25, 0.3) is 5.91 Å². The molecule has 1 aromatic carbocycles. The van der Waals surface area contributed by atoms with Crippen LogP contribution in [0.4, 0.5) is 5.69 Å². The van der Waals surface area contributed by atoms with Gasteiger partial charge in [0.15, 0.2) is 0 Å². The van der Waals surface area contributed by atoms with Crippen LogP contribution in [-0.2, 0) is 16.0 Å². The molecule has 0 saturated carbocycles. The lowest BCUT2D eigenvalue weighted by Gasteiger charge is -2.10. The van der Waals surface area contributed by atoms with E-state index in [4.69, 9.17) is 0 Å². The van der Waals surface area contributed by atoms with Gasteiger partial charge in [-0.25, -0.2) is 4.68 Å². The number of hydrogen-bond donors (Lipinski definition) is 1. The number of para-hydroxylation sites is 1. The lowest BCUT2D eigenvalue weighted by Crippen LogP contribution is -2.29. The minimum absolute atomic E-state index is 0.0875. The molecule has 2 aromatic rings. The highest BCUT2D eigenvalue weighted by Crippen LogP contribution is 2.19. The number of aromatic nitrogens is 3. The molecular weight excluding hydrogens is 320 g/mol. The van der Waals surface area contributed by atoms with Crippen molar-refractivity contribution in [3.8, 4) is 0 Å². The fraction of sp³-hybridized carbons (Fsp3) is 0.353. The van der Waals surface area contributed by atoms with Crippen molar-refractivity contribution < 1.29 is 9.59 Å². The lowest BCUT2D eigenvalue weighted by atomic mass is 10.2. The Labute approximate surface area is 145 Å². The number of carbonyl (C=O) groups excluding carboxylic acids is 2. The van der Waals surface area contributed by atoms with Gasteiger partial charge in [0.1, 0.15) is 5.84 Å². The van der Waals surface area contributed by atoms with Gasteiger partial charge < -0.3 is 5.32 Å². The molecule has 0 fully saturated rings. The summed E-state index contributed by atoms with van der Waals surface area (Å²) in [6, 6.07) is 9.36. The molecule has 130 valence electrons. The van der Waals surface area contributed by atoms with Crippen molar-refractivity contribution >= 4 is 23.3 Å². The third-order valence-corrected chi connectivity index (χ3v) is 3.76. The SMILES string of the molecule is CC(C)n1cc(CCC(=O)NC2=NN(c3ccccc3)C(=O)C2)nn1. The number of nitrogens with zero attached hydrogens (tertiary/aromatic N) is 5. The summed E-state index contributed by atoms with van der Waals surface area (Å²) in [5, 5.41) is 16.3. The Kier molecular flexibility index (Phi) is 4.87. The maximum atomic E-state index is 12.1. The van der Waals surface area contributed by atoms with Crippen LogP contribution in [0.1, 0.15) is 38.4 Å². The normalized spacial score (nSPS) is 14.1. The fourth-order valence-corrected chi connectivity index (χ4v) is 2.42. The molecule has 2 amide bonds. The minimum atomic E-state index is -0.194. The van der Waals surface area contributed by atoms with Crippen LogP contribution in [-0.4, -0.2) is 32.6 Å². The number of aryl methyl sites for hydroxylation is 1. The van der Waals surface area contributed by atoms with Crippen molar-refractivity contribution in [2.24, 2.45) is 5.10 Å². The van der Waals surface area contributed by atoms with Crippen LogP contribution in [0.3, 0.4) is 0 Å². The van der Waals surface area contributed by atoms with E-state index in [0.717, 1.165) is 5.69 Å². The second-order valence-corrected chi connectivity index (χ2v) is 6.10. The largest absolute Gasteiger partial charge is 0.312 e. The first kappa shape index (κ1) is 16.8. The average Bonchev–Trinajstić information content (AvgIpc) is 3.20. The zero-order valence-electron chi connectivity index (χ0n) is 14.2. The molecule has 0 radical (unpaired) electrons.